The Morgan fingerprint density at radius 2 is 1.30 bits per heavy atom. The van der Waals surface area contributed by atoms with Crippen LogP contribution in [0.3, 0.4) is 0 Å². The van der Waals surface area contributed by atoms with Crippen molar-refractivity contribution < 1.29 is 0 Å². The van der Waals surface area contributed by atoms with Gasteiger partial charge in [0.2, 0.25) is 0 Å². The Kier molecular flexibility index (Phi) is 4.56. The van der Waals surface area contributed by atoms with Gasteiger partial charge in [0.25, 0.3) is 0 Å². The SMILES string of the molecule is C[C@@H](N)c1ccc(Sc2ccc(C(C)(C)C)cc2)cc1. The average Bonchev–Trinajstić information content (AvgIpc) is 2.39. The van der Waals surface area contributed by atoms with E-state index in [9.17, 15) is 0 Å². The molecule has 2 aromatic carbocycles. The van der Waals surface area contributed by atoms with Crippen LogP contribution in [-0.4, -0.2) is 0 Å². The highest BCUT2D eigenvalue weighted by molar-refractivity contribution is 7.99. The minimum Gasteiger partial charge on any atom is -0.324 e. The molecule has 0 aliphatic rings. The Bertz CT molecular complexity index is 547. The zero-order valence-electron chi connectivity index (χ0n) is 12.7. The van der Waals surface area contributed by atoms with Gasteiger partial charge in [0.15, 0.2) is 0 Å². The molecule has 106 valence electrons. The van der Waals surface area contributed by atoms with Crippen molar-refractivity contribution >= 4 is 11.8 Å². The first-order valence-corrected chi connectivity index (χ1v) is 7.82. The summed E-state index contributed by atoms with van der Waals surface area (Å²) in [6.45, 7) is 8.72. The third kappa shape index (κ3) is 3.87. The summed E-state index contributed by atoms with van der Waals surface area (Å²) in [6.07, 6.45) is 0. The minimum atomic E-state index is 0.0973. The van der Waals surface area contributed by atoms with E-state index in [4.69, 9.17) is 5.73 Å². The summed E-state index contributed by atoms with van der Waals surface area (Å²) in [6, 6.07) is 17.4. The van der Waals surface area contributed by atoms with Crippen molar-refractivity contribution in [1.82, 2.24) is 0 Å². The highest BCUT2D eigenvalue weighted by Gasteiger charge is 2.12. The Morgan fingerprint density at radius 1 is 0.850 bits per heavy atom. The maximum absolute atomic E-state index is 5.87. The summed E-state index contributed by atoms with van der Waals surface area (Å²) in [5.41, 5.74) is 8.63. The largest absolute Gasteiger partial charge is 0.324 e. The van der Waals surface area contributed by atoms with Crippen LogP contribution in [0.4, 0.5) is 0 Å². The third-order valence-electron chi connectivity index (χ3n) is 3.36. The van der Waals surface area contributed by atoms with E-state index in [0.29, 0.717) is 0 Å². The molecule has 0 bridgehead atoms. The van der Waals surface area contributed by atoms with Crippen LogP contribution in [0.5, 0.6) is 0 Å². The van der Waals surface area contributed by atoms with Gasteiger partial charge < -0.3 is 5.73 Å². The predicted octanol–water partition coefficient (Wildman–Crippen LogP) is 5.16. The van der Waals surface area contributed by atoms with Crippen LogP contribution in [0.25, 0.3) is 0 Å². The number of rotatable bonds is 3. The zero-order valence-corrected chi connectivity index (χ0v) is 13.5. The molecular formula is C18H23NS. The summed E-state index contributed by atoms with van der Waals surface area (Å²) < 4.78 is 0. The second-order valence-corrected chi connectivity index (χ2v) is 7.38. The van der Waals surface area contributed by atoms with E-state index in [1.807, 2.05) is 6.92 Å². The zero-order chi connectivity index (χ0) is 14.8. The topological polar surface area (TPSA) is 26.0 Å². The molecule has 2 N–H and O–H groups in total. The lowest BCUT2D eigenvalue weighted by Gasteiger charge is -2.19. The van der Waals surface area contributed by atoms with Gasteiger partial charge in [-0.1, -0.05) is 56.8 Å². The first-order chi connectivity index (χ1) is 9.36. The van der Waals surface area contributed by atoms with Crippen LogP contribution in [0.1, 0.15) is 44.9 Å². The van der Waals surface area contributed by atoms with Crippen molar-refractivity contribution in [3.05, 3.63) is 59.7 Å². The van der Waals surface area contributed by atoms with Gasteiger partial charge in [-0.2, -0.15) is 0 Å². The molecule has 0 saturated carbocycles. The van der Waals surface area contributed by atoms with Crippen LogP contribution in [0.15, 0.2) is 58.3 Å². The standard InChI is InChI=1S/C18H23NS/c1-13(19)14-5-9-16(10-6-14)20-17-11-7-15(8-12-17)18(2,3)4/h5-13H,19H2,1-4H3/t13-/m1/s1. The van der Waals surface area contributed by atoms with E-state index in [2.05, 4.69) is 69.3 Å². The quantitative estimate of drug-likeness (QED) is 0.843. The summed E-state index contributed by atoms with van der Waals surface area (Å²) in [7, 11) is 0. The molecule has 20 heavy (non-hydrogen) atoms. The first kappa shape index (κ1) is 15.1. The normalized spacial score (nSPS) is 13.2. The lowest BCUT2D eigenvalue weighted by Crippen LogP contribution is -2.10. The molecule has 0 aliphatic carbocycles. The molecule has 2 heteroatoms. The van der Waals surface area contributed by atoms with Gasteiger partial charge in [0.1, 0.15) is 0 Å². The fourth-order valence-corrected chi connectivity index (χ4v) is 2.81. The van der Waals surface area contributed by atoms with E-state index in [-0.39, 0.29) is 11.5 Å². The van der Waals surface area contributed by atoms with Gasteiger partial charge in [-0.15, -0.1) is 0 Å². The number of hydrogen-bond acceptors (Lipinski definition) is 2. The second-order valence-electron chi connectivity index (χ2n) is 6.23. The first-order valence-electron chi connectivity index (χ1n) is 7.00. The molecule has 0 aromatic heterocycles. The van der Waals surface area contributed by atoms with Crippen LogP contribution >= 0.6 is 11.8 Å². The lowest BCUT2D eigenvalue weighted by atomic mass is 9.87. The fraction of sp³-hybridized carbons (Fsp3) is 0.333. The van der Waals surface area contributed by atoms with Crippen LogP contribution in [-0.2, 0) is 5.41 Å². The van der Waals surface area contributed by atoms with Gasteiger partial charge in [-0.25, -0.2) is 0 Å². The number of nitrogens with two attached hydrogens (primary N) is 1. The van der Waals surface area contributed by atoms with Gasteiger partial charge in [-0.05, 0) is 47.7 Å². The molecule has 1 nitrogen and oxygen atoms in total. The Hall–Kier alpha value is -1.25. The minimum absolute atomic E-state index is 0.0973. The maximum atomic E-state index is 5.87. The van der Waals surface area contributed by atoms with Crippen molar-refractivity contribution in [1.29, 1.82) is 0 Å². The molecule has 0 radical (unpaired) electrons. The van der Waals surface area contributed by atoms with Crippen LogP contribution in [0, 0.1) is 0 Å². The van der Waals surface area contributed by atoms with Crippen molar-refractivity contribution in [2.45, 2.75) is 48.9 Å². The highest BCUT2D eigenvalue weighted by Crippen LogP contribution is 2.30. The van der Waals surface area contributed by atoms with Crippen molar-refractivity contribution in [2.75, 3.05) is 0 Å². The molecule has 2 aromatic rings. The fourth-order valence-electron chi connectivity index (χ4n) is 2.00. The van der Waals surface area contributed by atoms with Gasteiger partial charge in [-0.3, -0.25) is 0 Å². The second kappa shape index (κ2) is 6.02. The maximum Gasteiger partial charge on any atom is 0.0266 e. The van der Waals surface area contributed by atoms with Gasteiger partial charge >= 0.3 is 0 Å². The van der Waals surface area contributed by atoms with Gasteiger partial charge in [0, 0.05) is 15.8 Å². The van der Waals surface area contributed by atoms with Crippen molar-refractivity contribution in [2.24, 2.45) is 5.73 Å². The van der Waals surface area contributed by atoms with E-state index < -0.39 is 0 Å². The third-order valence-corrected chi connectivity index (χ3v) is 4.38. The summed E-state index contributed by atoms with van der Waals surface area (Å²) in [4.78, 5) is 2.52. The summed E-state index contributed by atoms with van der Waals surface area (Å²) in [5.74, 6) is 0. The van der Waals surface area contributed by atoms with Crippen molar-refractivity contribution in [3.8, 4) is 0 Å². The molecule has 0 saturated heterocycles. The van der Waals surface area contributed by atoms with E-state index >= 15 is 0 Å². The predicted molar refractivity (Wildman–Crippen MR) is 88.3 cm³/mol. The lowest BCUT2D eigenvalue weighted by molar-refractivity contribution is 0.590. The van der Waals surface area contributed by atoms with E-state index in [1.54, 1.807) is 11.8 Å². The molecule has 2 rings (SSSR count). The molecule has 0 aliphatic heterocycles. The van der Waals surface area contributed by atoms with E-state index in [1.165, 1.54) is 20.9 Å². The summed E-state index contributed by atoms with van der Waals surface area (Å²) >= 11 is 1.79. The smallest absolute Gasteiger partial charge is 0.0266 e. The van der Waals surface area contributed by atoms with Crippen molar-refractivity contribution in [3.63, 3.8) is 0 Å². The number of hydrogen-bond donors (Lipinski definition) is 1. The Morgan fingerprint density at radius 3 is 1.70 bits per heavy atom. The number of benzene rings is 2. The van der Waals surface area contributed by atoms with Gasteiger partial charge in [0.05, 0.1) is 0 Å². The molecule has 0 fully saturated rings. The molecule has 0 unspecified atom stereocenters. The molecule has 1 atom stereocenters. The van der Waals surface area contributed by atoms with E-state index in [0.717, 1.165) is 0 Å². The highest BCUT2D eigenvalue weighted by atomic mass is 32.2. The average molecular weight is 285 g/mol. The monoisotopic (exact) mass is 285 g/mol. The summed E-state index contributed by atoms with van der Waals surface area (Å²) in [5, 5.41) is 0. The van der Waals surface area contributed by atoms with Crippen LogP contribution in [0.2, 0.25) is 0 Å². The Labute approximate surface area is 126 Å². The molecular weight excluding hydrogens is 262 g/mol. The molecule has 0 heterocycles. The van der Waals surface area contributed by atoms with Crippen LogP contribution < -0.4 is 5.73 Å². The molecule has 0 spiro atoms. The molecule has 0 amide bonds. The Balaban J connectivity index is 2.10.